The molecular weight excluding hydrogens is 322 g/mol. The second-order valence-corrected chi connectivity index (χ2v) is 6.72. The summed E-state index contributed by atoms with van der Waals surface area (Å²) in [5, 5.41) is 3.54. The van der Waals surface area contributed by atoms with Gasteiger partial charge in [0.15, 0.2) is 12.0 Å². The molecule has 3 rings (SSSR count). The van der Waals surface area contributed by atoms with Crippen LogP contribution in [-0.2, 0) is 9.53 Å². The molecule has 3 nitrogen and oxygen atoms in total. The average molecular weight is 349 g/mol. The summed E-state index contributed by atoms with van der Waals surface area (Å²) in [5.74, 6) is 1.28. The molecule has 1 aliphatic heterocycles. The van der Waals surface area contributed by atoms with Crippen molar-refractivity contribution in [1.29, 1.82) is 0 Å². The fraction of sp³-hybridized carbons (Fsp3) is 0.348. The van der Waals surface area contributed by atoms with Crippen LogP contribution in [0.3, 0.4) is 0 Å². The van der Waals surface area contributed by atoms with Gasteiger partial charge in [0.2, 0.25) is 0 Å². The lowest BCUT2D eigenvalue weighted by atomic mass is 10.1. The van der Waals surface area contributed by atoms with Crippen molar-refractivity contribution in [3.63, 3.8) is 0 Å². The molecule has 1 aliphatic rings. The first-order valence-corrected chi connectivity index (χ1v) is 9.58. The van der Waals surface area contributed by atoms with E-state index in [1.165, 1.54) is 0 Å². The Balaban J connectivity index is 1.64. The molecule has 2 aromatic carbocycles. The molecule has 1 atom stereocenters. The number of hydrogen-bond acceptors (Lipinski definition) is 3. The van der Waals surface area contributed by atoms with Crippen molar-refractivity contribution in [3.05, 3.63) is 71.8 Å². The predicted octanol–water partition coefficient (Wildman–Crippen LogP) is 5.39. The first-order chi connectivity index (χ1) is 12.8. The zero-order valence-electron chi connectivity index (χ0n) is 15.4. The highest BCUT2D eigenvalue weighted by molar-refractivity contribution is 5.88. The highest BCUT2D eigenvalue weighted by Gasteiger charge is 2.26. The minimum atomic E-state index is -0.0401. The number of ketones is 1. The quantitative estimate of drug-likeness (QED) is 0.617. The lowest BCUT2D eigenvalue weighted by molar-refractivity contribution is -0.119. The number of carbonyl (C=O) groups is 1. The van der Waals surface area contributed by atoms with Gasteiger partial charge in [-0.15, -0.1) is 0 Å². The maximum Gasteiger partial charge on any atom is 0.170 e. The molecule has 26 heavy (non-hydrogen) atoms. The van der Waals surface area contributed by atoms with Gasteiger partial charge < -0.3 is 10.1 Å². The molecule has 0 saturated heterocycles. The highest BCUT2D eigenvalue weighted by Crippen LogP contribution is 2.33. The van der Waals surface area contributed by atoms with Crippen molar-refractivity contribution in [1.82, 2.24) is 5.32 Å². The molecule has 1 unspecified atom stereocenters. The van der Waals surface area contributed by atoms with Gasteiger partial charge in [0.1, 0.15) is 5.78 Å². The van der Waals surface area contributed by atoms with Gasteiger partial charge in [-0.3, -0.25) is 4.79 Å². The van der Waals surface area contributed by atoms with Gasteiger partial charge in [0.25, 0.3) is 0 Å². The molecule has 0 bridgehead atoms. The number of nitrogens with one attached hydrogen (secondary N) is 1. The van der Waals surface area contributed by atoms with Crippen LogP contribution in [0.25, 0.3) is 11.5 Å². The normalized spacial score (nSPS) is 16.3. The van der Waals surface area contributed by atoms with Crippen LogP contribution in [0.5, 0.6) is 0 Å². The van der Waals surface area contributed by atoms with Crippen LogP contribution in [-0.4, -0.2) is 12.0 Å². The molecule has 0 saturated carbocycles. The van der Waals surface area contributed by atoms with Gasteiger partial charge in [0, 0.05) is 30.4 Å². The topological polar surface area (TPSA) is 38.3 Å². The van der Waals surface area contributed by atoms with E-state index in [0.29, 0.717) is 18.6 Å². The third kappa shape index (κ3) is 4.75. The zero-order valence-corrected chi connectivity index (χ0v) is 15.4. The van der Waals surface area contributed by atoms with Gasteiger partial charge in [-0.2, -0.15) is 0 Å². The third-order valence-electron chi connectivity index (χ3n) is 4.59. The Hall–Kier alpha value is -2.55. The maximum atomic E-state index is 11.7. The minimum Gasteiger partial charge on any atom is -0.468 e. The first-order valence-electron chi connectivity index (χ1n) is 9.58. The zero-order chi connectivity index (χ0) is 18.2. The van der Waals surface area contributed by atoms with Gasteiger partial charge in [-0.05, 0) is 19.3 Å². The smallest absolute Gasteiger partial charge is 0.170 e. The minimum absolute atomic E-state index is 0.0401. The monoisotopic (exact) mass is 349 g/mol. The summed E-state index contributed by atoms with van der Waals surface area (Å²) in [5.41, 5.74) is 3.26. The summed E-state index contributed by atoms with van der Waals surface area (Å²) in [7, 11) is 0. The van der Waals surface area contributed by atoms with Crippen molar-refractivity contribution in [3.8, 4) is 0 Å². The number of Topliss-reactive ketones (excluding diaryl/α,β-unsaturated/α-hetero) is 1. The number of hydrogen-bond donors (Lipinski definition) is 1. The number of carbonyl (C=O) groups excluding carboxylic acids is 1. The average Bonchev–Trinajstić information content (AvgIpc) is 3.11. The summed E-state index contributed by atoms with van der Waals surface area (Å²) < 4.78 is 6.25. The Kier molecular flexibility index (Phi) is 6.48. The second-order valence-electron chi connectivity index (χ2n) is 6.72. The molecule has 136 valence electrons. The predicted molar refractivity (Wildman–Crippen MR) is 106 cm³/mol. The summed E-state index contributed by atoms with van der Waals surface area (Å²) in [4.78, 5) is 11.7. The SMILES string of the molecule is CCCC(=O)CCCCC1NC(c2ccccc2)=C(c2ccccc2)O1. The van der Waals surface area contributed by atoms with Crippen molar-refractivity contribution in [2.45, 2.75) is 51.7 Å². The van der Waals surface area contributed by atoms with E-state index >= 15 is 0 Å². The Morgan fingerprint density at radius 3 is 2.23 bits per heavy atom. The van der Waals surface area contributed by atoms with Crippen molar-refractivity contribution in [2.75, 3.05) is 0 Å². The van der Waals surface area contributed by atoms with Gasteiger partial charge in [-0.25, -0.2) is 0 Å². The first kappa shape index (κ1) is 18.2. The van der Waals surface area contributed by atoms with Crippen LogP contribution in [0.15, 0.2) is 60.7 Å². The van der Waals surface area contributed by atoms with Crippen LogP contribution in [0.1, 0.15) is 56.6 Å². The van der Waals surface area contributed by atoms with Crippen LogP contribution < -0.4 is 5.32 Å². The Morgan fingerprint density at radius 1 is 0.923 bits per heavy atom. The van der Waals surface area contributed by atoms with Crippen molar-refractivity contribution < 1.29 is 9.53 Å². The summed E-state index contributed by atoms with van der Waals surface area (Å²) in [6.07, 6.45) is 5.10. The standard InChI is InChI=1S/C23H27NO2/c1-2-11-20(25)16-9-10-17-21-24-22(18-12-5-3-6-13-18)23(26-21)19-14-7-4-8-15-19/h3-8,12-15,21,24H,2,9-11,16-17H2,1H3. The summed E-state index contributed by atoms with van der Waals surface area (Å²) in [6, 6.07) is 20.5. The van der Waals surface area contributed by atoms with Crippen LogP contribution in [0.4, 0.5) is 0 Å². The van der Waals surface area contributed by atoms with E-state index in [1.807, 2.05) is 36.4 Å². The summed E-state index contributed by atoms with van der Waals surface area (Å²) >= 11 is 0. The number of rotatable bonds is 9. The molecule has 1 N–H and O–H groups in total. The molecule has 2 aromatic rings. The molecular formula is C23H27NO2. The Morgan fingerprint density at radius 2 is 1.58 bits per heavy atom. The van der Waals surface area contributed by atoms with E-state index in [0.717, 1.165) is 48.3 Å². The van der Waals surface area contributed by atoms with E-state index in [1.54, 1.807) is 0 Å². The Labute approximate surface area is 156 Å². The number of benzene rings is 2. The maximum absolute atomic E-state index is 11.7. The summed E-state index contributed by atoms with van der Waals surface area (Å²) in [6.45, 7) is 2.05. The molecule has 0 spiro atoms. The number of unbranched alkanes of at least 4 members (excludes halogenated alkanes) is 1. The molecule has 0 amide bonds. The van der Waals surface area contributed by atoms with Crippen molar-refractivity contribution >= 4 is 17.2 Å². The Bertz CT molecular complexity index is 686. The van der Waals surface area contributed by atoms with E-state index in [9.17, 15) is 4.79 Å². The molecule has 3 heteroatoms. The van der Waals surface area contributed by atoms with E-state index in [4.69, 9.17) is 4.74 Å². The van der Waals surface area contributed by atoms with Crippen LogP contribution >= 0.6 is 0 Å². The lowest BCUT2D eigenvalue weighted by Gasteiger charge is -2.13. The molecule has 0 fully saturated rings. The second kappa shape index (κ2) is 9.23. The van der Waals surface area contributed by atoms with E-state index in [-0.39, 0.29) is 6.23 Å². The van der Waals surface area contributed by atoms with Crippen LogP contribution in [0, 0.1) is 0 Å². The highest BCUT2D eigenvalue weighted by atomic mass is 16.5. The van der Waals surface area contributed by atoms with E-state index < -0.39 is 0 Å². The third-order valence-corrected chi connectivity index (χ3v) is 4.59. The van der Waals surface area contributed by atoms with Gasteiger partial charge in [0.05, 0.1) is 5.70 Å². The lowest BCUT2D eigenvalue weighted by Crippen LogP contribution is -2.23. The van der Waals surface area contributed by atoms with Crippen molar-refractivity contribution in [2.24, 2.45) is 0 Å². The fourth-order valence-electron chi connectivity index (χ4n) is 3.27. The van der Waals surface area contributed by atoms with Gasteiger partial charge >= 0.3 is 0 Å². The molecule has 0 aliphatic carbocycles. The van der Waals surface area contributed by atoms with E-state index in [2.05, 4.69) is 36.5 Å². The number of ether oxygens (including phenoxy) is 1. The molecule has 0 aromatic heterocycles. The van der Waals surface area contributed by atoms with Gasteiger partial charge in [-0.1, -0.05) is 67.6 Å². The largest absolute Gasteiger partial charge is 0.468 e. The molecule has 1 heterocycles. The molecule has 0 radical (unpaired) electrons. The fourth-order valence-corrected chi connectivity index (χ4v) is 3.27. The van der Waals surface area contributed by atoms with Crippen LogP contribution in [0.2, 0.25) is 0 Å².